The summed E-state index contributed by atoms with van der Waals surface area (Å²) in [6, 6.07) is 7.92. The van der Waals surface area contributed by atoms with E-state index in [9.17, 15) is 18.8 Å². The summed E-state index contributed by atoms with van der Waals surface area (Å²) in [7, 11) is 1.91. The molecule has 1 unspecified atom stereocenters. The second-order valence-corrected chi connectivity index (χ2v) is 13.7. The van der Waals surface area contributed by atoms with E-state index in [1.165, 1.54) is 27.5 Å². The zero-order valence-corrected chi connectivity index (χ0v) is 26.3. The number of aryl methyl sites for hydroxylation is 1. The van der Waals surface area contributed by atoms with Crippen LogP contribution in [-0.4, -0.2) is 97.2 Å². The van der Waals surface area contributed by atoms with E-state index in [1.807, 2.05) is 23.7 Å². The number of pyridine rings is 1. The van der Waals surface area contributed by atoms with Crippen LogP contribution >= 0.6 is 11.8 Å². The maximum absolute atomic E-state index is 14.2. The van der Waals surface area contributed by atoms with Crippen molar-refractivity contribution in [1.82, 2.24) is 14.8 Å². The van der Waals surface area contributed by atoms with Gasteiger partial charge in [-0.1, -0.05) is 18.7 Å². The van der Waals surface area contributed by atoms with E-state index in [1.54, 1.807) is 0 Å². The highest BCUT2D eigenvalue weighted by atomic mass is 32.2. The predicted octanol–water partition coefficient (Wildman–Crippen LogP) is 4.28. The number of benzene rings is 1. The molecule has 1 aromatic carbocycles. The number of aromatic nitrogens is 1. The molecule has 9 nitrogen and oxygen atoms in total. The van der Waals surface area contributed by atoms with Crippen molar-refractivity contribution >= 4 is 29.0 Å². The van der Waals surface area contributed by atoms with Crippen LogP contribution in [0, 0.1) is 11.3 Å². The lowest BCUT2D eigenvalue weighted by atomic mass is 9.95. The van der Waals surface area contributed by atoms with E-state index in [0.717, 1.165) is 42.1 Å². The number of likely N-dealkylation sites (tertiary alicyclic amines) is 1. The van der Waals surface area contributed by atoms with Gasteiger partial charge in [0.15, 0.2) is 5.83 Å². The molecule has 0 bridgehead atoms. The Morgan fingerprint density at radius 2 is 2.13 bits per heavy atom. The number of hydrogen-bond donors (Lipinski definition) is 0. The first-order valence-electron chi connectivity index (χ1n) is 15.8. The summed E-state index contributed by atoms with van der Waals surface area (Å²) in [5, 5.41) is 9.60. The van der Waals surface area contributed by atoms with Gasteiger partial charge in [0.05, 0.1) is 48.2 Å². The topological polar surface area (TPSA) is 85.2 Å². The summed E-state index contributed by atoms with van der Waals surface area (Å²) in [4.78, 5) is 27.2. The fraction of sp³-hybridized carbons (Fsp3) is 0.545. The molecule has 238 valence electrons. The number of hydrogen-bond acceptors (Lipinski definition) is 9. The molecule has 4 atom stereocenters. The molecule has 12 heteroatoms. The lowest BCUT2D eigenvalue weighted by molar-refractivity contribution is -0.132. The third-order valence-corrected chi connectivity index (χ3v) is 11.0. The monoisotopic (exact) mass is 636 g/mol. The number of halogens is 2. The number of fused-ring (bicyclic) bond motifs is 6. The number of carbonyl (C=O) groups excluding carboxylic acids is 1. The Balaban J connectivity index is 1.26. The van der Waals surface area contributed by atoms with Crippen molar-refractivity contribution in [3.05, 3.63) is 47.4 Å². The summed E-state index contributed by atoms with van der Waals surface area (Å²) >= 11 is 1.92. The zero-order chi connectivity index (χ0) is 31.2. The first-order valence-corrected chi connectivity index (χ1v) is 16.7. The molecule has 2 aromatic rings. The number of ether oxygens (including phenoxy) is 2. The number of anilines is 2. The van der Waals surface area contributed by atoms with Gasteiger partial charge in [-0.15, -0.1) is 11.8 Å². The van der Waals surface area contributed by atoms with Gasteiger partial charge in [-0.05, 0) is 50.1 Å². The van der Waals surface area contributed by atoms with Gasteiger partial charge < -0.3 is 24.2 Å². The SMILES string of the molecule is C=C(F)C(=O)N1CC2COc3c(OC[C@@H]4C[C@@H](F)CN4C)nc4c(c3N2C[C@@H]1CC#N)CCN(c1cccc2c1SCCC2)C4. The lowest BCUT2D eigenvalue weighted by Gasteiger charge is -2.50. The van der Waals surface area contributed by atoms with Crippen LogP contribution in [0.3, 0.4) is 0 Å². The van der Waals surface area contributed by atoms with Crippen LogP contribution < -0.4 is 19.3 Å². The molecule has 5 aliphatic rings. The molecule has 5 aliphatic heterocycles. The first kappa shape index (κ1) is 30.1. The highest BCUT2D eigenvalue weighted by Crippen LogP contribution is 2.48. The largest absolute Gasteiger partial charge is 0.484 e. The Morgan fingerprint density at radius 1 is 1.27 bits per heavy atom. The van der Waals surface area contributed by atoms with Crippen LogP contribution in [-0.2, 0) is 24.2 Å². The van der Waals surface area contributed by atoms with Crippen molar-refractivity contribution in [2.24, 2.45) is 0 Å². The number of nitrogens with zero attached hydrogens (tertiary/aromatic N) is 6. The summed E-state index contributed by atoms with van der Waals surface area (Å²) in [5.41, 5.74) is 5.48. The van der Waals surface area contributed by atoms with Crippen LogP contribution in [0.5, 0.6) is 11.6 Å². The Morgan fingerprint density at radius 3 is 2.91 bits per heavy atom. The lowest BCUT2D eigenvalue weighted by Crippen LogP contribution is -2.63. The number of thioether (sulfide) groups is 1. The van der Waals surface area contributed by atoms with Gasteiger partial charge >= 0.3 is 0 Å². The minimum Gasteiger partial charge on any atom is -0.484 e. The van der Waals surface area contributed by atoms with Crippen molar-refractivity contribution in [1.29, 1.82) is 5.26 Å². The van der Waals surface area contributed by atoms with E-state index in [0.29, 0.717) is 37.7 Å². The fourth-order valence-corrected chi connectivity index (χ4v) is 8.68. The van der Waals surface area contributed by atoms with Crippen molar-refractivity contribution in [3.8, 4) is 17.7 Å². The fourth-order valence-electron chi connectivity index (χ4n) is 7.49. The molecule has 0 radical (unpaired) electrons. The van der Waals surface area contributed by atoms with Gasteiger partial charge in [-0.25, -0.2) is 13.8 Å². The molecule has 1 amide bonds. The molecule has 7 rings (SSSR count). The minimum absolute atomic E-state index is 0.0675. The summed E-state index contributed by atoms with van der Waals surface area (Å²) in [6.45, 7) is 6.09. The molecular weight excluding hydrogens is 598 g/mol. The Hall–Kier alpha value is -3.56. The summed E-state index contributed by atoms with van der Waals surface area (Å²) < 4.78 is 40.9. The Labute approximate surface area is 266 Å². The number of nitriles is 1. The number of piperazine rings is 1. The van der Waals surface area contributed by atoms with E-state index in [4.69, 9.17) is 14.5 Å². The molecule has 2 fully saturated rings. The van der Waals surface area contributed by atoms with Gasteiger partial charge in [-0.3, -0.25) is 9.69 Å². The van der Waals surface area contributed by atoms with Gasteiger partial charge in [0, 0.05) is 42.7 Å². The molecular formula is C33H38F2N6O3S. The quantitative estimate of drug-likeness (QED) is 0.432. The van der Waals surface area contributed by atoms with E-state index < -0.39 is 23.9 Å². The number of alkyl halides is 1. The van der Waals surface area contributed by atoms with E-state index in [-0.39, 0.29) is 38.3 Å². The van der Waals surface area contributed by atoms with Crippen LogP contribution in [0.4, 0.5) is 20.2 Å². The average molecular weight is 637 g/mol. The third-order valence-electron chi connectivity index (χ3n) is 9.78. The van der Waals surface area contributed by atoms with Crippen LogP contribution in [0.2, 0.25) is 0 Å². The van der Waals surface area contributed by atoms with Crippen molar-refractivity contribution in [2.75, 3.05) is 62.0 Å². The molecule has 45 heavy (non-hydrogen) atoms. The van der Waals surface area contributed by atoms with Crippen molar-refractivity contribution < 1.29 is 23.0 Å². The van der Waals surface area contributed by atoms with Gasteiger partial charge in [0.2, 0.25) is 5.75 Å². The van der Waals surface area contributed by atoms with Crippen LogP contribution in [0.1, 0.15) is 36.1 Å². The average Bonchev–Trinajstić information content (AvgIpc) is 3.38. The van der Waals surface area contributed by atoms with Crippen molar-refractivity contribution in [3.63, 3.8) is 0 Å². The molecule has 1 aromatic heterocycles. The molecule has 0 saturated carbocycles. The third kappa shape index (κ3) is 5.58. The molecule has 0 aliphatic carbocycles. The molecule has 0 spiro atoms. The predicted molar refractivity (Wildman–Crippen MR) is 169 cm³/mol. The summed E-state index contributed by atoms with van der Waals surface area (Å²) in [5.74, 6) is 0.230. The summed E-state index contributed by atoms with van der Waals surface area (Å²) in [6.07, 6.45) is 2.59. The van der Waals surface area contributed by atoms with E-state index in [2.05, 4.69) is 40.6 Å². The van der Waals surface area contributed by atoms with Gasteiger partial charge in [0.25, 0.3) is 11.8 Å². The highest BCUT2D eigenvalue weighted by molar-refractivity contribution is 7.99. The number of amides is 1. The van der Waals surface area contributed by atoms with Crippen molar-refractivity contribution in [2.45, 2.75) is 67.8 Å². The van der Waals surface area contributed by atoms with Crippen LogP contribution in [0.15, 0.2) is 35.5 Å². The van der Waals surface area contributed by atoms with E-state index >= 15 is 0 Å². The maximum Gasteiger partial charge on any atom is 0.282 e. The number of rotatable bonds is 6. The van der Waals surface area contributed by atoms with Gasteiger partial charge in [-0.2, -0.15) is 5.26 Å². The second kappa shape index (κ2) is 12.3. The Bertz CT molecular complexity index is 1550. The highest BCUT2D eigenvalue weighted by Gasteiger charge is 2.44. The maximum atomic E-state index is 14.2. The number of carbonyl (C=O) groups is 1. The molecule has 0 N–H and O–H groups in total. The zero-order valence-electron chi connectivity index (χ0n) is 25.5. The molecule has 6 heterocycles. The molecule has 2 saturated heterocycles. The minimum atomic E-state index is -1.03. The van der Waals surface area contributed by atoms with Crippen LogP contribution in [0.25, 0.3) is 0 Å². The Kier molecular flexibility index (Phi) is 8.25. The first-order chi connectivity index (χ1) is 21.8. The second-order valence-electron chi connectivity index (χ2n) is 12.6. The smallest absolute Gasteiger partial charge is 0.282 e. The normalized spacial score (nSPS) is 25.8. The standard InChI is InChI=1S/C33H38F2N6O3S/c1-20(34)33(42)41-16-25-19-43-30-29(40(25)15-23(41)8-10-36)26-9-11-39(28-7-3-5-21-6-4-12-45-31(21)28)17-27(26)37-32(30)44-18-24-13-22(35)14-38(24)2/h3,5,7,22-25H,1,4,6,8-9,11-19H2,2H3/t22-,23+,24+,25?/m1/s1. The number of likely N-dealkylation sites (N-methyl/N-ethyl adjacent to an activating group) is 1. The van der Waals surface area contributed by atoms with Gasteiger partial charge in [0.1, 0.15) is 19.4 Å².